The topological polar surface area (TPSA) is 59.0 Å². The van der Waals surface area contributed by atoms with Crippen molar-refractivity contribution in [3.63, 3.8) is 0 Å². The summed E-state index contributed by atoms with van der Waals surface area (Å²) >= 11 is 0. The molecule has 1 aromatic carbocycles. The minimum Gasteiger partial charge on any atom is -0.395 e. The average Bonchev–Trinajstić information content (AvgIpc) is 3.38. The average molecular weight is 489 g/mol. The van der Waals surface area contributed by atoms with E-state index < -0.39 is 0 Å². The summed E-state index contributed by atoms with van der Waals surface area (Å²) in [5, 5.41) is 9.62. The molecular formula is C29H40N6O. The van der Waals surface area contributed by atoms with Gasteiger partial charge in [-0.05, 0) is 54.8 Å². The van der Waals surface area contributed by atoms with Crippen LogP contribution < -0.4 is 9.80 Å². The highest BCUT2D eigenvalue weighted by atomic mass is 16.3. The van der Waals surface area contributed by atoms with Crippen LogP contribution in [0.1, 0.15) is 24.0 Å². The van der Waals surface area contributed by atoms with E-state index >= 15 is 0 Å². The van der Waals surface area contributed by atoms with Crippen LogP contribution in [-0.2, 0) is 13.1 Å². The van der Waals surface area contributed by atoms with Crippen molar-refractivity contribution in [1.29, 1.82) is 0 Å². The summed E-state index contributed by atoms with van der Waals surface area (Å²) in [6, 6.07) is 21.4. The molecule has 1 aliphatic rings. The molecule has 1 saturated heterocycles. The van der Waals surface area contributed by atoms with Gasteiger partial charge in [-0.3, -0.25) is 9.80 Å². The van der Waals surface area contributed by atoms with Gasteiger partial charge in [0.05, 0.1) is 6.61 Å². The molecular weight excluding hydrogens is 448 g/mol. The molecule has 0 bridgehead atoms. The molecule has 0 spiro atoms. The molecule has 1 atom stereocenters. The second-order valence-electron chi connectivity index (χ2n) is 9.76. The van der Waals surface area contributed by atoms with Crippen LogP contribution >= 0.6 is 0 Å². The molecule has 7 heteroatoms. The van der Waals surface area contributed by atoms with Crippen molar-refractivity contribution in [2.45, 2.75) is 32.0 Å². The van der Waals surface area contributed by atoms with Gasteiger partial charge in [-0.25, -0.2) is 9.97 Å². The first-order valence-electron chi connectivity index (χ1n) is 13.0. The van der Waals surface area contributed by atoms with E-state index in [0.29, 0.717) is 6.04 Å². The lowest BCUT2D eigenvalue weighted by Crippen LogP contribution is -2.38. The first-order chi connectivity index (χ1) is 17.6. The number of aliphatic hydroxyl groups is 1. The van der Waals surface area contributed by atoms with Gasteiger partial charge in [0, 0.05) is 71.8 Å². The van der Waals surface area contributed by atoms with Gasteiger partial charge in [-0.2, -0.15) is 0 Å². The Bertz CT molecular complexity index is 967. The quantitative estimate of drug-likeness (QED) is 0.395. The van der Waals surface area contributed by atoms with Gasteiger partial charge in [-0.1, -0.05) is 36.4 Å². The fourth-order valence-electron chi connectivity index (χ4n) is 4.79. The number of aliphatic hydroxyl groups excluding tert-OH is 1. The number of likely N-dealkylation sites (tertiary alicyclic amines) is 1. The zero-order valence-corrected chi connectivity index (χ0v) is 21.7. The van der Waals surface area contributed by atoms with Gasteiger partial charge in [0.25, 0.3) is 0 Å². The molecule has 1 unspecified atom stereocenters. The predicted octanol–water partition coefficient (Wildman–Crippen LogP) is 3.51. The van der Waals surface area contributed by atoms with Crippen LogP contribution in [0.2, 0.25) is 0 Å². The Balaban J connectivity index is 1.37. The number of pyridine rings is 2. The van der Waals surface area contributed by atoms with E-state index in [4.69, 9.17) is 0 Å². The van der Waals surface area contributed by atoms with E-state index in [2.05, 4.69) is 80.1 Å². The van der Waals surface area contributed by atoms with Crippen LogP contribution in [0, 0.1) is 0 Å². The fraction of sp³-hybridized carbons (Fsp3) is 0.448. The maximum atomic E-state index is 9.62. The lowest BCUT2D eigenvalue weighted by molar-refractivity contribution is 0.153. The molecule has 0 aliphatic carbocycles. The standard InChI is InChI=1S/C29H40N6O/c1-32(28-9-3-5-15-30-28)18-20-34(21-19-33(2)29-10-4-6-16-31-29)22-25-11-13-26(14-12-25)23-35-17-7-8-27(35)24-36/h3-6,9-16,27,36H,7-8,17-24H2,1-2H3. The second-order valence-corrected chi connectivity index (χ2v) is 9.76. The second kappa shape index (κ2) is 13.3. The highest BCUT2D eigenvalue weighted by Gasteiger charge is 2.23. The van der Waals surface area contributed by atoms with E-state index in [1.807, 2.05) is 36.7 Å². The minimum atomic E-state index is 0.257. The van der Waals surface area contributed by atoms with Crippen LogP contribution in [-0.4, -0.2) is 84.3 Å². The van der Waals surface area contributed by atoms with Crippen molar-refractivity contribution in [2.75, 3.05) is 63.2 Å². The molecule has 0 radical (unpaired) electrons. The molecule has 2 aromatic heterocycles. The molecule has 192 valence electrons. The molecule has 0 saturated carbocycles. The highest BCUT2D eigenvalue weighted by molar-refractivity contribution is 5.37. The summed E-state index contributed by atoms with van der Waals surface area (Å²) in [5.41, 5.74) is 2.63. The zero-order chi connectivity index (χ0) is 25.2. The molecule has 1 N–H and O–H groups in total. The number of likely N-dealkylation sites (N-methyl/N-ethyl adjacent to an activating group) is 2. The largest absolute Gasteiger partial charge is 0.395 e. The maximum Gasteiger partial charge on any atom is 0.128 e. The summed E-state index contributed by atoms with van der Waals surface area (Å²) in [6.45, 7) is 6.84. The number of hydrogen-bond donors (Lipinski definition) is 1. The lowest BCUT2D eigenvalue weighted by Gasteiger charge is -2.28. The van der Waals surface area contributed by atoms with Crippen molar-refractivity contribution in [1.82, 2.24) is 19.8 Å². The smallest absolute Gasteiger partial charge is 0.128 e. The van der Waals surface area contributed by atoms with Gasteiger partial charge < -0.3 is 14.9 Å². The van der Waals surface area contributed by atoms with E-state index in [9.17, 15) is 5.11 Å². The Morgan fingerprint density at radius 3 is 1.92 bits per heavy atom. The Kier molecular flexibility index (Phi) is 9.67. The molecule has 7 nitrogen and oxygen atoms in total. The number of rotatable bonds is 13. The van der Waals surface area contributed by atoms with Gasteiger partial charge in [0.1, 0.15) is 11.6 Å². The molecule has 1 fully saturated rings. The Morgan fingerprint density at radius 1 is 0.806 bits per heavy atom. The van der Waals surface area contributed by atoms with Gasteiger partial charge in [0.15, 0.2) is 0 Å². The third-order valence-corrected chi connectivity index (χ3v) is 7.11. The normalized spacial score (nSPS) is 15.9. The summed E-state index contributed by atoms with van der Waals surface area (Å²) in [4.78, 5) is 18.3. The first-order valence-corrected chi connectivity index (χ1v) is 13.0. The summed E-state index contributed by atoms with van der Waals surface area (Å²) in [6.07, 6.45) is 5.97. The minimum absolute atomic E-state index is 0.257. The summed E-state index contributed by atoms with van der Waals surface area (Å²) < 4.78 is 0. The van der Waals surface area contributed by atoms with E-state index in [0.717, 1.165) is 63.9 Å². The maximum absolute atomic E-state index is 9.62. The molecule has 36 heavy (non-hydrogen) atoms. The number of nitrogens with zero attached hydrogens (tertiary/aromatic N) is 6. The van der Waals surface area contributed by atoms with Gasteiger partial charge in [0.2, 0.25) is 0 Å². The lowest BCUT2D eigenvalue weighted by atomic mass is 10.1. The predicted molar refractivity (Wildman–Crippen MR) is 147 cm³/mol. The van der Waals surface area contributed by atoms with E-state index in [1.165, 1.54) is 17.5 Å². The Labute approximate surface area is 216 Å². The Morgan fingerprint density at radius 2 is 1.39 bits per heavy atom. The SMILES string of the molecule is CN(CCN(CCN(C)c1ccccn1)Cc1ccc(CN2CCCC2CO)cc1)c1ccccn1. The molecule has 3 aromatic rings. The van der Waals surface area contributed by atoms with Crippen LogP contribution in [0.25, 0.3) is 0 Å². The third kappa shape index (κ3) is 7.50. The van der Waals surface area contributed by atoms with E-state index in [-0.39, 0.29) is 6.61 Å². The van der Waals surface area contributed by atoms with Crippen LogP contribution in [0.15, 0.2) is 73.1 Å². The Hall–Kier alpha value is -3.00. The summed E-state index contributed by atoms with van der Waals surface area (Å²) in [7, 11) is 4.21. The third-order valence-electron chi connectivity index (χ3n) is 7.11. The van der Waals surface area contributed by atoms with E-state index in [1.54, 1.807) is 0 Å². The van der Waals surface area contributed by atoms with Crippen molar-refractivity contribution < 1.29 is 5.11 Å². The zero-order valence-electron chi connectivity index (χ0n) is 21.7. The van der Waals surface area contributed by atoms with Crippen molar-refractivity contribution in [2.24, 2.45) is 0 Å². The first kappa shape index (κ1) is 26.1. The molecule has 1 aliphatic heterocycles. The van der Waals surface area contributed by atoms with Gasteiger partial charge in [-0.15, -0.1) is 0 Å². The van der Waals surface area contributed by atoms with Crippen molar-refractivity contribution >= 4 is 11.6 Å². The number of hydrogen-bond acceptors (Lipinski definition) is 7. The van der Waals surface area contributed by atoms with Crippen LogP contribution in [0.5, 0.6) is 0 Å². The summed E-state index contributed by atoms with van der Waals surface area (Å²) in [5.74, 6) is 1.99. The molecule has 4 rings (SSSR count). The fourth-order valence-corrected chi connectivity index (χ4v) is 4.79. The van der Waals surface area contributed by atoms with Crippen molar-refractivity contribution in [3.05, 3.63) is 84.2 Å². The number of aromatic nitrogens is 2. The molecule has 0 amide bonds. The van der Waals surface area contributed by atoms with Crippen LogP contribution in [0.3, 0.4) is 0 Å². The van der Waals surface area contributed by atoms with Crippen LogP contribution in [0.4, 0.5) is 11.6 Å². The number of anilines is 2. The number of benzene rings is 1. The van der Waals surface area contributed by atoms with Gasteiger partial charge >= 0.3 is 0 Å². The van der Waals surface area contributed by atoms with Crippen molar-refractivity contribution in [3.8, 4) is 0 Å². The molecule has 3 heterocycles. The highest BCUT2D eigenvalue weighted by Crippen LogP contribution is 2.20. The monoisotopic (exact) mass is 488 g/mol.